The number of anilines is 1. The number of carbonyl (C=O) groups is 2. The van der Waals surface area contributed by atoms with Crippen LogP contribution in [-0.2, 0) is 26.2 Å². The predicted octanol–water partition coefficient (Wildman–Crippen LogP) is 4.75. The molecule has 0 spiro atoms. The molecule has 0 aromatic heterocycles. The molecule has 1 N–H and O–H groups in total. The van der Waals surface area contributed by atoms with Gasteiger partial charge in [0.15, 0.2) is 0 Å². The molecule has 8 heteroatoms. The van der Waals surface area contributed by atoms with Gasteiger partial charge in [-0.3, -0.25) is 13.9 Å². The first kappa shape index (κ1) is 28.7. The van der Waals surface area contributed by atoms with Crippen LogP contribution in [0.2, 0.25) is 0 Å². The Morgan fingerprint density at radius 3 is 2.30 bits per heavy atom. The summed E-state index contributed by atoms with van der Waals surface area (Å²) >= 11 is 0. The van der Waals surface area contributed by atoms with Crippen LogP contribution in [0.1, 0.15) is 75.5 Å². The smallest absolute Gasteiger partial charge is 0.244 e. The van der Waals surface area contributed by atoms with E-state index < -0.39 is 22.0 Å². The van der Waals surface area contributed by atoms with Crippen LogP contribution in [0.5, 0.6) is 0 Å². The highest BCUT2D eigenvalue weighted by molar-refractivity contribution is 7.92. The summed E-state index contributed by atoms with van der Waals surface area (Å²) in [6, 6.07) is 14.4. The number of hydrogen-bond donors (Lipinski definition) is 1. The van der Waals surface area contributed by atoms with Gasteiger partial charge in [0.05, 0.1) is 11.9 Å². The predicted molar refractivity (Wildman–Crippen MR) is 149 cm³/mol. The minimum absolute atomic E-state index is 0.0687. The van der Waals surface area contributed by atoms with Gasteiger partial charge in [0, 0.05) is 12.6 Å². The number of para-hydroxylation sites is 1. The summed E-state index contributed by atoms with van der Waals surface area (Å²) in [7, 11) is -3.77. The molecule has 0 saturated heterocycles. The van der Waals surface area contributed by atoms with E-state index in [1.165, 1.54) is 15.6 Å². The van der Waals surface area contributed by atoms with Crippen molar-refractivity contribution in [2.24, 2.45) is 0 Å². The van der Waals surface area contributed by atoms with Crippen LogP contribution in [0.15, 0.2) is 48.5 Å². The number of nitrogens with one attached hydrogen (secondary N) is 1. The van der Waals surface area contributed by atoms with Crippen molar-refractivity contribution >= 4 is 27.5 Å². The number of amides is 2. The second-order valence-electron chi connectivity index (χ2n) is 10.5. The van der Waals surface area contributed by atoms with E-state index in [2.05, 4.69) is 5.32 Å². The maximum atomic E-state index is 13.8. The van der Waals surface area contributed by atoms with Crippen LogP contribution in [0.3, 0.4) is 0 Å². The highest BCUT2D eigenvalue weighted by Crippen LogP contribution is 2.29. The number of rotatable bonds is 10. The molecule has 1 saturated carbocycles. The SMILES string of the molecule is Cc1cccc(CN(C(=O)CN(c2ccccc2C(C)C)S(C)(=O)=O)C(C)C(=O)NC2CCCCC2)c1. The van der Waals surface area contributed by atoms with Gasteiger partial charge < -0.3 is 10.2 Å². The number of benzene rings is 2. The molecule has 1 fully saturated rings. The summed E-state index contributed by atoms with van der Waals surface area (Å²) in [5, 5.41) is 3.13. The van der Waals surface area contributed by atoms with E-state index in [0.717, 1.165) is 48.6 Å². The van der Waals surface area contributed by atoms with E-state index in [1.807, 2.05) is 57.2 Å². The fourth-order valence-corrected chi connectivity index (χ4v) is 5.82. The largest absolute Gasteiger partial charge is 0.352 e. The van der Waals surface area contributed by atoms with Gasteiger partial charge in [-0.2, -0.15) is 0 Å². The summed E-state index contributed by atoms with van der Waals surface area (Å²) in [5.41, 5.74) is 3.27. The van der Waals surface area contributed by atoms with Gasteiger partial charge in [-0.25, -0.2) is 8.42 Å². The van der Waals surface area contributed by atoms with Crippen LogP contribution in [-0.4, -0.2) is 50.0 Å². The lowest BCUT2D eigenvalue weighted by Gasteiger charge is -2.33. The van der Waals surface area contributed by atoms with Crippen LogP contribution < -0.4 is 9.62 Å². The van der Waals surface area contributed by atoms with Crippen LogP contribution in [0, 0.1) is 6.92 Å². The average molecular weight is 528 g/mol. The Morgan fingerprint density at radius 1 is 1.00 bits per heavy atom. The second kappa shape index (κ2) is 12.6. The summed E-state index contributed by atoms with van der Waals surface area (Å²) < 4.78 is 27.0. The molecule has 1 aliphatic carbocycles. The first-order valence-electron chi connectivity index (χ1n) is 13.2. The van der Waals surface area contributed by atoms with Crippen LogP contribution >= 0.6 is 0 Å². The number of sulfonamides is 1. The van der Waals surface area contributed by atoms with Gasteiger partial charge in [0.1, 0.15) is 12.6 Å². The standard InChI is InChI=1S/C29H41N3O4S/c1-21(2)26-16-9-10-17-27(26)32(37(5,35)36)20-28(33)31(19-24-13-11-12-22(3)18-24)23(4)29(34)30-25-14-7-6-8-15-25/h9-13,16-18,21,23,25H,6-8,14-15,19-20H2,1-5H3,(H,30,34). The van der Waals surface area contributed by atoms with Crippen molar-refractivity contribution in [3.05, 3.63) is 65.2 Å². The van der Waals surface area contributed by atoms with Crippen LogP contribution in [0.4, 0.5) is 5.69 Å². The van der Waals surface area contributed by atoms with Crippen molar-refractivity contribution in [3.8, 4) is 0 Å². The second-order valence-corrected chi connectivity index (χ2v) is 12.4. The fraction of sp³-hybridized carbons (Fsp3) is 0.517. The molecule has 2 aromatic rings. The van der Waals surface area contributed by atoms with Crippen molar-refractivity contribution in [1.29, 1.82) is 0 Å². The molecule has 1 unspecified atom stereocenters. The molecule has 1 atom stereocenters. The number of hydrogen-bond acceptors (Lipinski definition) is 4. The summed E-state index contributed by atoms with van der Waals surface area (Å²) in [6.45, 7) is 7.51. The molecule has 1 aliphatic rings. The van der Waals surface area contributed by atoms with E-state index in [1.54, 1.807) is 19.1 Å². The summed E-state index contributed by atoms with van der Waals surface area (Å²) in [6.07, 6.45) is 6.35. The van der Waals surface area contributed by atoms with E-state index in [0.29, 0.717) is 5.69 Å². The van der Waals surface area contributed by atoms with Gasteiger partial charge in [0.2, 0.25) is 21.8 Å². The molecule has 2 aromatic carbocycles. The molecule has 0 heterocycles. The normalized spacial score (nSPS) is 15.3. The maximum absolute atomic E-state index is 13.8. The van der Waals surface area contributed by atoms with Gasteiger partial charge in [-0.05, 0) is 49.8 Å². The van der Waals surface area contributed by atoms with Crippen LogP contribution in [0.25, 0.3) is 0 Å². The molecule has 0 bridgehead atoms. The molecular weight excluding hydrogens is 486 g/mol. The Labute approximate surface area is 222 Å². The van der Waals surface area contributed by atoms with Crippen molar-refractivity contribution in [3.63, 3.8) is 0 Å². The summed E-state index contributed by atoms with van der Waals surface area (Å²) in [4.78, 5) is 28.6. The quantitative estimate of drug-likeness (QED) is 0.483. The van der Waals surface area contributed by atoms with Crippen molar-refractivity contribution in [1.82, 2.24) is 10.2 Å². The first-order chi connectivity index (χ1) is 17.5. The zero-order chi connectivity index (χ0) is 27.2. The Bertz CT molecular complexity index is 1190. The van der Waals surface area contributed by atoms with E-state index in [-0.39, 0.29) is 31.0 Å². The lowest BCUT2D eigenvalue weighted by Crippen LogP contribution is -2.53. The van der Waals surface area contributed by atoms with E-state index in [4.69, 9.17) is 0 Å². The summed E-state index contributed by atoms with van der Waals surface area (Å²) in [5.74, 6) is -0.558. The third-order valence-corrected chi connectivity index (χ3v) is 8.19. The highest BCUT2D eigenvalue weighted by Gasteiger charge is 2.32. The Kier molecular flexibility index (Phi) is 9.76. The lowest BCUT2D eigenvalue weighted by atomic mass is 9.95. The van der Waals surface area contributed by atoms with E-state index in [9.17, 15) is 18.0 Å². The molecule has 0 aliphatic heterocycles. The van der Waals surface area contributed by atoms with Crippen molar-refractivity contribution in [2.45, 2.75) is 84.3 Å². The third kappa shape index (κ3) is 7.81. The van der Waals surface area contributed by atoms with Gasteiger partial charge >= 0.3 is 0 Å². The van der Waals surface area contributed by atoms with Gasteiger partial charge in [-0.15, -0.1) is 0 Å². The number of aryl methyl sites for hydroxylation is 1. The van der Waals surface area contributed by atoms with Gasteiger partial charge in [-0.1, -0.05) is 81.1 Å². The van der Waals surface area contributed by atoms with Crippen molar-refractivity contribution < 1.29 is 18.0 Å². The first-order valence-corrected chi connectivity index (χ1v) is 15.0. The maximum Gasteiger partial charge on any atom is 0.244 e. The molecule has 7 nitrogen and oxygen atoms in total. The molecule has 2 amide bonds. The highest BCUT2D eigenvalue weighted by atomic mass is 32.2. The zero-order valence-corrected chi connectivity index (χ0v) is 23.6. The van der Waals surface area contributed by atoms with Gasteiger partial charge in [0.25, 0.3) is 0 Å². The molecule has 3 rings (SSSR count). The monoisotopic (exact) mass is 527 g/mol. The fourth-order valence-electron chi connectivity index (χ4n) is 4.96. The van der Waals surface area contributed by atoms with Crippen molar-refractivity contribution in [2.75, 3.05) is 17.1 Å². The number of carbonyl (C=O) groups excluding carboxylic acids is 2. The molecular formula is C29H41N3O4S. The average Bonchev–Trinajstić information content (AvgIpc) is 2.85. The lowest BCUT2D eigenvalue weighted by molar-refractivity contribution is -0.139. The molecule has 0 radical (unpaired) electrons. The van der Waals surface area contributed by atoms with E-state index >= 15 is 0 Å². The third-order valence-electron chi connectivity index (χ3n) is 7.06. The Morgan fingerprint density at radius 2 is 1.68 bits per heavy atom. The minimum Gasteiger partial charge on any atom is -0.352 e. The Balaban J connectivity index is 1.92. The molecule has 202 valence electrons. The minimum atomic E-state index is -3.77. The zero-order valence-electron chi connectivity index (χ0n) is 22.7. The molecule has 37 heavy (non-hydrogen) atoms. The number of nitrogens with zero attached hydrogens (tertiary/aromatic N) is 2. The topological polar surface area (TPSA) is 86.8 Å². The Hall–Kier alpha value is -2.87.